The number of hydrogen-bond donors (Lipinski definition) is 2. The second-order valence-electron chi connectivity index (χ2n) is 7.01. The number of aryl methyl sites for hydroxylation is 1. The van der Waals surface area contributed by atoms with Crippen molar-refractivity contribution in [2.75, 3.05) is 74.3 Å². The fourth-order valence-corrected chi connectivity index (χ4v) is 3.31. The maximum Gasteiger partial charge on any atom is 0.229 e. The lowest BCUT2D eigenvalue weighted by molar-refractivity contribution is 0.121. The Morgan fingerprint density at radius 2 is 1.58 bits per heavy atom. The molecule has 4 heterocycles. The molecule has 0 saturated carbocycles. The first kappa shape index (κ1) is 26.7. The molecular formula is C22H40N8O3. The topological polar surface area (TPSA) is 114 Å². The van der Waals surface area contributed by atoms with Crippen molar-refractivity contribution in [1.29, 1.82) is 0 Å². The molecule has 2 aliphatic heterocycles. The lowest BCUT2D eigenvalue weighted by Crippen LogP contribution is -2.39. The van der Waals surface area contributed by atoms with Crippen molar-refractivity contribution in [3.63, 3.8) is 0 Å². The van der Waals surface area contributed by atoms with Gasteiger partial charge in [0.2, 0.25) is 5.95 Å². The lowest BCUT2D eigenvalue weighted by atomic mass is 10.3. The molecule has 33 heavy (non-hydrogen) atoms. The molecule has 0 atom stereocenters. The van der Waals surface area contributed by atoms with Crippen molar-refractivity contribution in [2.45, 2.75) is 47.2 Å². The van der Waals surface area contributed by atoms with Crippen LogP contribution >= 0.6 is 0 Å². The SMILES string of the molecule is CC.CC.OCCCn1cc(CNc2cc(N3CCOCC3)nc(N3CCOCC3)n2)nn1. The smallest absolute Gasteiger partial charge is 0.229 e. The standard InChI is InChI=1S/C18H28N8O3.2C2H6/c27-7-1-2-26-14-15(22-23-26)13-19-16-12-17(24-3-8-28-9-4-24)21-18(20-16)25-5-10-29-11-6-25;2*1-2/h12,14,27H,1-11,13H2,(H,19,20,21);2*1-2H3. The Hall–Kier alpha value is -2.50. The maximum absolute atomic E-state index is 8.94. The summed E-state index contributed by atoms with van der Waals surface area (Å²) in [5.41, 5.74) is 0.822. The van der Waals surface area contributed by atoms with E-state index in [1.807, 2.05) is 40.0 Å². The van der Waals surface area contributed by atoms with Crippen molar-refractivity contribution in [3.8, 4) is 0 Å². The number of anilines is 3. The van der Waals surface area contributed by atoms with Gasteiger partial charge >= 0.3 is 0 Å². The zero-order valence-electron chi connectivity index (χ0n) is 20.5. The number of aliphatic hydroxyl groups is 1. The second kappa shape index (κ2) is 15.4. The normalized spacial score (nSPS) is 15.8. The summed E-state index contributed by atoms with van der Waals surface area (Å²) >= 11 is 0. The first-order chi connectivity index (χ1) is 16.3. The van der Waals surface area contributed by atoms with E-state index in [-0.39, 0.29) is 6.61 Å². The third-order valence-corrected chi connectivity index (χ3v) is 4.91. The first-order valence-electron chi connectivity index (χ1n) is 12.1. The van der Waals surface area contributed by atoms with E-state index < -0.39 is 0 Å². The number of morpholine rings is 2. The van der Waals surface area contributed by atoms with Crippen LogP contribution in [0.4, 0.5) is 17.6 Å². The predicted molar refractivity (Wildman–Crippen MR) is 130 cm³/mol. The predicted octanol–water partition coefficient (Wildman–Crippen LogP) is 1.79. The molecule has 0 bridgehead atoms. The third kappa shape index (κ3) is 8.41. The van der Waals surface area contributed by atoms with Gasteiger partial charge in [0.1, 0.15) is 17.3 Å². The van der Waals surface area contributed by atoms with Gasteiger partial charge in [0.15, 0.2) is 0 Å². The Bertz CT molecular complexity index is 741. The van der Waals surface area contributed by atoms with Gasteiger partial charge in [-0.3, -0.25) is 4.68 Å². The molecule has 2 aromatic rings. The van der Waals surface area contributed by atoms with Crippen LogP contribution in [0, 0.1) is 0 Å². The molecule has 0 unspecified atom stereocenters. The van der Waals surface area contributed by atoms with E-state index in [0.29, 0.717) is 51.9 Å². The van der Waals surface area contributed by atoms with Gasteiger partial charge in [0.05, 0.1) is 39.2 Å². The zero-order valence-corrected chi connectivity index (χ0v) is 20.5. The van der Waals surface area contributed by atoms with Crippen LogP contribution in [0.2, 0.25) is 0 Å². The van der Waals surface area contributed by atoms with Crippen molar-refractivity contribution < 1.29 is 14.6 Å². The summed E-state index contributed by atoms with van der Waals surface area (Å²) in [5, 5.41) is 20.6. The number of nitrogens with zero attached hydrogens (tertiary/aromatic N) is 7. The van der Waals surface area contributed by atoms with E-state index in [1.54, 1.807) is 4.68 Å². The summed E-state index contributed by atoms with van der Waals surface area (Å²) in [6.45, 7) is 15.3. The number of aliphatic hydroxyl groups excluding tert-OH is 1. The average molecular weight is 465 g/mol. The van der Waals surface area contributed by atoms with Gasteiger partial charge in [-0.2, -0.15) is 9.97 Å². The van der Waals surface area contributed by atoms with Gasteiger partial charge in [0.25, 0.3) is 0 Å². The Balaban J connectivity index is 0.000000914. The number of hydrogen-bond acceptors (Lipinski definition) is 10. The van der Waals surface area contributed by atoms with Crippen LogP contribution in [0.15, 0.2) is 12.3 Å². The molecule has 0 aromatic carbocycles. The summed E-state index contributed by atoms with van der Waals surface area (Å²) in [6.07, 6.45) is 2.55. The lowest BCUT2D eigenvalue weighted by Gasteiger charge is -2.31. The highest BCUT2D eigenvalue weighted by atomic mass is 16.5. The van der Waals surface area contributed by atoms with E-state index in [4.69, 9.17) is 24.5 Å². The van der Waals surface area contributed by atoms with Gasteiger partial charge in [-0.1, -0.05) is 32.9 Å². The van der Waals surface area contributed by atoms with Crippen molar-refractivity contribution in [2.24, 2.45) is 0 Å². The maximum atomic E-state index is 8.94. The summed E-state index contributed by atoms with van der Waals surface area (Å²) in [7, 11) is 0. The minimum absolute atomic E-state index is 0.142. The highest BCUT2D eigenvalue weighted by molar-refractivity contribution is 5.54. The van der Waals surface area contributed by atoms with Crippen LogP contribution in [0.1, 0.15) is 39.8 Å². The molecule has 2 aromatic heterocycles. The number of aromatic nitrogens is 5. The quantitative estimate of drug-likeness (QED) is 0.599. The largest absolute Gasteiger partial charge is 0.396 e. The molecule has 11 nitrogen and oxygen atoms in total. The Kier molecular flexibility index (Phi) is 12.4. The number of ether oxygens (including phenoxy) is 2. The molecule has 2 fully saturated rings. The molecule has 11 heteroatoms. The average Bonchev–Trinajstić information content (AvgIpc) is 3.37. The highest BCUT2D eigenvalue weighted by Crippen LogP contribution is 2.22. The summed E-state index contributed by atoms with van der Waals surface area (Å²) in [4.78, 5) is 13.9. The van der Waals surface area contributed by atoms with Crippen LogP contribution in [-0.2, 0) is 22.6 Å². The summed E-state index contributed by atoms with van der Waals surface area (Å²) < 4.78 is 12.7. The van der Waals surface area contributed by atoms with Gasteiger partial charge < -0.3 is 29.7 Å². The minimum Gasteiger partial charge on any atom is -0.396 e. The molecular weight excluding hydrogens is 424 g/mol. The van der Waals surface area contributed by atoms with Crippen molar-refractivity contribution in [3.05, 3.63) is 18.0 Å². The van der Waals surface area contributed by atoms with Crippen LogP contribution in [0.25, 0.3) is 0 Å². The number of rotatable bonds is 8. The molecule has 4 rings (SSSR count). The first-order valence-corrected chi connectivity index (χ1v) is 12.1. The second-order valence-corrected chi connectivity index (χ2v) is 7.01. The van der Waals surface area contributed by atoms with Crippen LogP contribution in [0.3, 0.4) is 0 Å². The molecule has 0 spiro atoms. The van der Waals surface area contributed by atoms with Crippen LogP contribution < -0.4 is 15.1 Å². The molecule has 186 valence electrons. The van der Waals surface area contributed by atoms with Crippen molar-refractivity contribution >= 4 is 17.6 Å². The van der Waals surface area contributed by atoms with E-state index in [2.05, 4.69) is 25.4 Å². The molecule has 2 aliphatic rings. The van der Waals surface area contributed by atoms with Gasteiger partial charge in [-0.15, -0.1) is 5.10 Å². The van der Waals surface area contributed by atoms with Crippen LogP contribution in [-0.4, -0.2) is 89.3 Å². The van der Waals surface area contributed by atoms with E-state index >= 15 is 0 Å². The van der Waals surface area contributed by atoms with Gasteiger partial charge in [-0.25, -0.2) is 0 Å². The molecule has 0 aliphatic carbocycles. The van der Waals surface area contributed by atoms with E-state index in [0.717, 1.165) is 43.5 Å². The Morgan fingerprint density at radius 3 is 2.21 bits per heavy atom. The molecule has 0 radical (unpaired) electrons. The zero-order chi connectivity index (χ0) is 23.9. The van der Waals surface area contributed by atoms with Gasteiger partial charge in [-0.05, 0) is 6.42 Å². The van der Waals surface area contributed by atoms with E-state index in [1.165, 1.54) is 0 Å². The Labute approximate surface area is 197 Å². The molecule has 0 amide bonds. The highest BCUT2D eigenvalue weighted by Gasteiger charge is 2.19. The van der Waals surface area contributed by atoms with Crippen molar-refractivity contribution in [1.82, 2.24) is 25.0 Å². The number of nitrogens with one attached hydrogen (secondary N) is 1. The fraction of sp³-hybridized carbons (Fsp3) is 0.727. The molecule has 2 N–H and O–H groups in total. The van der Waals surface area contributed by atoms with Gasteiger partial charge in [0, 0.05) is 45.4 Å². The minimum atomic E-state index is 0.142. The monoisotopic (exact) mass is 464 g/mol. The third-order valence-electron chi connectivity index (χ3n) is 4.91. The van der Waals surface area contributed by atoms with Crippen LogP contribution in [0.5, 0.6) is 0 Å². The summed E-state index contributed by atoms with van der Waals surface area (Å²) in [6, 6.07) is 1.98. The summed E-state index contributed by atoms with van der Waals surface area (Å²) in [5.74, 6) is 2.37. The Morgan fingerprint density at radius 1 is 0.939 bits per heavy atom. The molecule has 2 saturated heterocycles. The fourth-order valence-electron chi connectivity index (χ4n) is 3.31. The van der Waals surface area contributed by atoms with E-state index in [9.17, 15) is 0 Å².